The van der Waals surface area contributed by atoms with E-state index < -0.39 is 0 Å². The fourth-order valence-corrected chi connectivity index (χ4v) is 1.68. The van der Waals surface area contributed by atoms with Gasteiger partial charge in [-0.05, 0) is 25.9 Å². The van der Waals surface area contributed by atoms with Gasteiger partial charge in [-0.15, -0.1) is 22.9 Å². The molecule has 1 nitrogen and oxygen atoms in total. The van der Waals surface area contributed by atoms with Gasteiger partial charge in [0, 0.05) is 0 Å². The summed E-state index contributed by atoms with van der Waals surface area (Å²) in [5.74, 6) is 0. The number of rotatable bonds is 1. The normalized spacial score (nSPS) is 22.2. The maximum Gasteiger partial charge on any atom is 0.434 e. The van der Waals surface area contributed by atoms with Crippen LogP contribution in [0.4, 0.5) is 0 Å². The van der Waals surface area contributed by atoms with Crippen molar-refractivity contribution in [2.45, 2.75) is 25.7 Å². The lowest BCUT2D eigenvalue weighted by Gasteiger charge is -2.17. The zero-order valence-corrected chi connectivity index (χ0v) is 7.53. The van der Waals surface area contributed by atoms with Crippen molar-refractivity contribution in [3.63, 3.8) is 0 Å². The van der Waals surface area contributed by atoms with Crippen molar-refractivity contribution in [3.8, 4) is 0 Å². The van der Waals surface area contributed by atoms with Gasteiger partial charge in [0.1, 0.15) is 0 Å². The first-order valence-electron chi connectivity index (χ1n) is 3.83. The molecule has 0 unspecified atom stereocenters. The molecule has 58 valence electrons. The van der Waals surface area contributed by atoms with Crippen LogP contribution in [0.25, 0.3) is 0 Å². The minimum absolute atomic E-state index is 0.293. The van der Waals surface area contributed by atoms with E-state index in [1.54, 1.807) is 0 Å². The molecular weight excluding hydrogens is 168 g/mol. The van der Waals surface area contributed by atoms with Gasteiger partial charge >= 0.3 is 5.68 Å². The SMILES string of the molecule is ClB(Cl)N1CCCCCC1. The summed E-state index contributed by atoms with van der Waals surface area (Å²) < 4.78 is 0. The van der Waals surface area contributed by atoms with Crippen LogP contribution < -0.4 is 0 Å². The maximum absolute atomic E-state index is 5.72. The Labute approximate surface area is 72.6 Å². The lowest BCUT2D eigenvalue weighted by Crippen LogP contribution is -2.32. The summed E-state index contributed by atoms with van der Waals surface area (Å²) >= 11 is 11.4. The van der Waals surface area contributed by atoms with Crippen molar-refractivity contribution >= 4 is 28.6 Å². The third-order valence-electron chi connectivity index (χ3n) is 1.92. The minimum atomic E-state index is -0.293. The standard InChI is InChI=1S/C6H12BCl2N/c8-7(9)10-5-3-1-2-4-6-10/h1-6H2. The zero-order chi connectivity index (χ0) is 7.40. The molecule has 0 aromatic heterocycles. The predicted molar refractivity (Wildman–Crippen MR) is 47.5 cm³/mol. The molecule has 0 aliphatic carbocycles. The lowest BCUT2D eigenvalue weighted by molar-refractivity contribution is 0.464. The van der Waals surface area contributed by atoms with Crippen LogP contribution in [0.15, 0.2) is 0 Å². The van der Waals surface area contributed by atoms with Gasteiger partial charge in [-0.2, -0.15) is 0 Å². The van der Waals surface area contributed by atoms with Gasteiger partial charge in [0.15, 0.2) is 0 Å². The fraction of sp³-hybridized carbons (Fsp3) is 1.00. The summed E-state index contributed by atoms with van der Waals surface area (Å²) in [6.45, 7) is 2.13. The first-order valence-corrected chi connectivity index (χ1v) is 4.70. The van der Waals surface area contributed by atoms with Crippen LogP contribution in [0.5, 0.6) is 0 Å². The zero-order valence-electron chi connectivity index (χ0n) is 6.02. The topological polar surface area (TPSA) is 3.24 Å². The predicted octanol–water partition coefficient (Wildman–Crippen LogP) is 2.32. The second kappa shape index (κ2) is 4.48. The molecule has 1 heterocycles. The van der Waals surface area contributed by atoms with E-state index in [2.05, 4.69) is 4.81 Å². The Hall–Kier alpha value is 0.605. The van der Waals surface area contributed by atoms with E-state index in [4.69, 9.17) is 22.9 Å². The smallest absolute Gasteiger partial charge is 0.315 e. The lowest BCUT2D eigenvalue weighted by atomic mass is 10.2. The molecule has 1 rings (SSSR count). The Morgan fingerprint density at radius 3 is 1.80 bits per heavy atom. The van der Waals surface area contributed by atoms with E-state index in [9.17, 15) is 0 Å². The van der Waals surface area contributed by atoms with Crippen molar-refractivity contribution in [1.82, 2.24) is 4.81 Å². The van der Waals surface area contributed by atoms with Crippen LogP contribution in [-0.4, -0.2) is 23.6 Å². The summed E-state index contributed by atoms with van der Waals surface area (Å²) in [5.41, 5.74) is -0.293. The summed E-state index contributed by atoms with van der Waals surface area (Å²) in [7, 11) is 0. The molecule has 1 fully saturated rings. The highest BCUT2D eigenvalue weighted by atomic mass is 35.5. The molecule has 0 spiro atoms. The van der Waals surface area contributed by atoms with E-state index in [1.165, 1.54) is 25.7 Å². The fourth-order valence-electron chi connectivity index (χ4n) is 1.29. The quantitative estimate of drug-likeness (QED) is 0.559. The molecule has 0 aromatic rings. The third-order valence-corrected chi connectivity index (χ3v) is 2.47. The Balaban J connectivity index is 2.28. The van der Waals surface area contributed by atoms with Gasteiger partial charge in [-0.1, -0.05) is 12.8 Å². The second-order valence-corrected chi connectivity index (χ2v) is 3.78. The molecule has 1 aliphatic heterocycles. The number of nitrogens with zero attached hydrogens (tertiary/aromatic N) is 1. The van der Waals surface area contributed by atoms with E-state index in [1.807, 2.05) is 0 Å². The van der Waals surface area contributed by atoms with Crippen LogP contribution in [0.2, 0.25) is 0 Å². The molecule has 0 N–H and O–H groups in total. The highest BCUT2D eigenvalue weighted by molar-refractivity contribution is 7.32. The van der Waals surface area contributed by atoms with E-state index >= 15 is 0 Å². The van der Waals surface area contributed by atoms with Crippen molar-refractivity contribution in [2.24, 2.45) is 0 Å². The first-order chi connectivity index (χ1) is 4.80. The highest BCUT2D eigenvalue weighted by Gasteiger charge is 2.18. The molecule has 0 bridgehead atoms. The Morgan fingerprint density at radius 1 is 0.900 bits per heavy atom. The molecule has 1 saturated heterocycles. The molecule has 0 saturated carbocycles. The average Bonchev–Trinajstić information content (AvgIpc) is 2.12. The molecule has 0 amide bonds. The minimum Gasteiger partial charge on any atom is -0.315 e. The van der Waals surface area contributed by atoms with E-state index in [-0.39, 0.29) is 5.68 Å². The number of halogens is 2. The molecule has 0 atom stereocenters. The monoisotopic (exact) mass is 179 g/mol. The molecule has 0 aromatic carbocycles. The van der Waals surface area contributed by atoms with Gasteiger partial charge < -0.3 is 4.81 Å². The van der Waals surface area contributed by atoms with Crippen molar-refractivity contribution in [2.75, 3.05) is 13.1 Å². The largest absolute Gasteiger partial charge is 0.434 e. The summed E-state index contributed by atoms with van der Waals surface area (Å²) in [5, 5.41) is 0. The van der Waals surface area contributed by atoms with Crippen molar-refractivity contribution in [3.05, 3.63) is 0 Å². The molecule has 1 aliphatic rings. The van der Waals surface area contributed by atoms with Gasteiger partial charge in [0.05, 0.1) is 0 Å². The molecule has 10 heavy (non-hydrogen) atoms. The number of hydrogen-bond donors (Lipinski definition) is 0. The van der Waals surface area contributed by atoms with Crippen molar-refractivity contribution in [1.29, 1.82) is 0 Å². The first kappa shape index (κ1) is 8.70. The van der Waals surface area contributed by atoms with Crippen LogP contribution in [0.3, 0.4) is 0 Å². The van der Waals surface area contributed by atoms with Gasteiger partial charge in [-0.25, -0.2) is 0 Å². The van der Waals surface area contributed by atoms with Crippen LogP contribution in [0.1, 0.15) is 25.7 Å². The summed E-state index contributed by atoms with van der Waals surface area (Å²) in [6, 6.07) is 0. The summed E-state index contributed by atoms with van der Waals surface area (Å²) in [4.78, 5) is 2.12. The third kappa shape index (κ3) is 2.69. The van der Waals surface area contributed by atoms with Gasteiger partial charge in [0.2, 0.25) is 0 Å². The van der Waals surface area contributed by atoms with E-state index in [0.29, 0.717) is 0 Å². The summed E-state index contributed by atoms with van der Waals surface area (Å²) in [6.07, 6.45) is 5.15. The number of hydrogen-bond acceptors (Lipinski definition) is 1. The molecule has 4 heteroatoms. The Kier molecular flexibility index (Phi) is 3.89. The van der Waals surface area contributed by atoms with Crippen LogP contribution in [-0.2, 0) is 0 Å². The second-order valence-electron chi connectivity index (χ2n) is 2.73. The average molecular weight is 180 g/mol. The van der Waals surface area contributed by atoms with E-state index in [0.717, 1.165) is 13.1 Å². The molecular formula is C6H12BCl2N. The molecule has 0 radical (unpaired) electrons. The van der Waals surface area contributed by atoms with Crippen LogP contribution in [0, 0.1) is 0 Å². The van der Waals surface area contributed by atoms with Crippen LogP contribution >= 0.6 is 22.9 Å². The van der Waals surface area contributed by atoms with Crippen molar-refractivity contribution < 1.29 is 0 Å². The van der Waals surface area contributed by atoms with Gasteiger partial charge in [-0.3, -0.25) is 0 Å². The van der Waals surface area contributed by atoms with Gasteiger partial charge in [0.25, 0.3) is 0 Å². The Morgan fingerprint density at radius 2 is 1.40 bits per heavy atom. The Bertz CT molecular complexity index is 91.7. The highest BCUT2D eigenvalue weighted by Crippen LogP contribution is 2.13. The maximum atomic E-state index is 5.72.